The van der Waals surface area contributed by atoms with E-state index in [9.17, 15) is 18.0 Å². The summed E-state index contributed by atoms with van der Waals surface area (Å²) in [7, 11) is -2.86. The molecule has 0 radical (unpaired) electrons. The Morgan fingerprint density at radius 2 is 1.62 bits per heavy atom. The second kappa shape index (κ2) is 15.5. The lowest BCUT2D eigenvalue weighted by atomic mass is 10.0. The van der Waals surface area contributed by atoms with Crippen LogP contribution in [0.4, 0.5) is 10.1 Å². The van der Waals surface area contributed by atoms with Crippen LogP contribution in [0.3, 0.4) is 0 Å². The maximum absolute atomic E-state index is 15.1. The molecule has 246 valence electrons. The van der Waals surface area contributed by atoms with Gasteiger partial charge in [-0.2, -0.15) is 0 Å². The third kappa shape index (κ3) is 8.50. The van der Waals surface area contributed by atoms with Gasteiger partial charge in [0.25, 0.3) is 10.0 Å². The highest BCUT2D eigenvalue weighted by Gasteiger charge is 2.36. The molecule has 1 aliphatic rings. The van der Waals surface area contributed by atoms with E-state index in [-0.39, 0.29) is 46.1 Å². The van der Waals surface area contributed by atoms with Crippen LogP contribution in [0.15, 0.2) is 108 Å². The van der Waals surface area contributed by atoms with Gasteiger partial charge in [0.15, 0.2) is 0 Å². The highest BCUT2D eigenvalue weighted by atomic mass is 35.5. The molecule has 5 rings (SSSR count). The molecule has 0 spiro atoms. The summed E-state index contributed by atoms with van der Waals surface area (Å²) in [5.41, 5.74) is 1.14. The second-order valence-electron chi connectivity index (χ2n) is 11.5. The Balaban J connectivity index is 1.57. The summed E-state index contributed by atoms with van der Waals surface area (Å²) in [6.45, 7) is -0.932. The van der Waals surface area contributed by atoms with Crippen LogP contribution in [-0.2, 0) is 32.6 Å². The van der Waals surface area contributed by atoms with Crippen molar-refractivity contribution in [3.63, 3.8) is 0 Å². The number of hydrogen-bond acceptors (Lipinski definition) is 5. The van der Waals surface area contributed by atoms with Crippen LogP contribution in [0.25, 0.3) is 0 Å². The molecular weight excluding hydrogens is 641 g/mol. The van der Waals surface area contributed by atoms with Crippen LogP contribution in [0, 0.1) is 5.82 Å². The zero-order chi connectivity index (χ0) is 33.4. The summed E-state index contributed by atoms with van der Waals surface area (Å²) in [6.07, 6.45) is 3.78. The highest BCUT2D eigenvalue weighted by molar-refractivity contribution is 7.92. The third-order valence-corrected chi connectivity index (χ3v) is 10.3. The van der Waals surface area contributed by atoms with E-state index in [4.69, 9.17) is 16.3 Å². The largest absolute Gasteiger partial charge is 0.497 e. The molecule has 0 unspecified atom stereocenters. The fourth-order valence-corrected chi connectivity index (χ4v) is 7.36. The fraction of sp³-hybridized carbons (Fsp3) is 0.278. The Bertz CT molecular complexity index is 1780. The Kier molecular flexibility index (Phi) is 11.2. The van der Waals surface area contributed by atoms with Crippen LogP contribution < -0.4 is 14.4 Å². The number of nitrogens with zero attached hydrogens (tertiary/aromatic N) is 2. The normalized spacial score (nSPS) is 13.9. The van der Waals surface area contributed by atoms with Crippen molar-refractivity contribution in [2.45, 2.75) is 55.6 Å². The van der Waals surface area contributed by atoms with Gasteiger partial charge < -0.3 is 15.0 Å². The monoisotopic (exact) mass is 677 g/mol. The second-order valence-corrected chi connectivity index (χ2v) is 13.8. The van der Waals surface area contributed by atoms with Crippen molar-refractivity contribution in [3.05, 3.63) is 125 Å². The molecule has 0 aromatic heterocycles. The van der Waals surface area contributed by atoms with Gasteiger partial charge in [-0.25, -0.2) is 12.8 Å². The molecule has 4 aromatic rings. The van der Waals surface area contributed by atoms with Crippen LogP contribution in [0.5, 0.6) is 5.75 Å². The molecule has 1 aliphatic carbocycles. The first kappa shape index (κ1) is 33.9. The summed E-state index contributed by atoms with van der Waals surface area (Å²) in [5, 5.41) is 3.38. The predicted molar refractivity (Wildman–Crippen MR) is 180 cm³/mol. The van der Waals surface area contributed by atoms with Crippen LogP contribution >= 0.6 is 11.6 Å². The van der Waals surface area contributed by atoms with Gasteiger partial charge in [-0.15, -0.1) is 0 Å². The molecule has 2 amide bonds. The minimum atomic E-state index is -4.33. The number of ether oxygens (including phenoxy) is 1. The minimum absolute atomic E-state index is 0.0374. The zero-order valence-corrected chi connectivity index (χ0v) is 27.6. The van der Waals surface area contributed by atoms with E-state index in [0.29, 0.717) is 5.75 Å². The lowest BCUT2D eigenvalue weighted by Gasteiger charge is -2.34. The van der Waals surface area contributed by atoms with Gasteiger partial charge in [-0.3, -0.25) is 13.9 Å². The average molecular weight is 678 g/mol. The van der Waals surface area contributed by atoms with Crippen molar-refractivity contribution in [2.24, 2.45) is 0 Å². The van der Waals surface area contributed by atoms with Gasteiger partial charge in [0.2, 0.25) is 11.8 Å². The third-order valence-electron chi connectivity index (χ3n) is 8.29. The summed E-state index contributed by atoms with van der Waals surface area (Å²) in [4.78, 5) is 29.8. The van der Waals surface area contributed by atoms with E-state index in [1.54, 1.807) is 30.3 Å². The number of carbonyl (C=O) groups is 2. The maximum Gasteiger partial charge on any atom is 0.264 e. The van der Waals surface area contributed by atoms with Crippen molar-refractivity contribution in [2.75, 3.05) is 18.0 Å². The van der Waals surface area contributed by atoms with E-state index in [0.717, 1.165) is 35.6 Å². The van der Waals surface area contributed by atoms with E-state index >= 15 is 4.39 Å². The standard InChI is InChI=1S/C36H37ClFN3O5S/c1-46-31-18-20-32(21-19-31)47(44,45)41(30-16-9-13-28(37)23-30)25-35(42)40(24-27-12-5-8-17-33(27)38)34(22-26-10-3-2-4-11-26)36(43)39-29-14-6-7-15-29/h2-5,8-13,16-21,23,29,34H,6-7,14-15,22,24-25H2,1H3,(H,39,43)/t34-/m0/s1. The number of amides is 2. The maximum atomic E-state index is 15.1. The van der Waals surface area contributed by atoms with E-state index in [1.807, 2.05) is 30.3 Å². The molecule has 47 heavy (non-hydrogen) atoms. The number of sulfonamides is 1. The minimum Gasteiger partial charge on any atom is -0.497 e. The summed E-state index contributed by atoms with van der Waals surface area (Å²) in [6, 6.07) is 26.1. The van der Waals surface area contributed by atoms with E-state index < -0.39 is 34.3 Å². The molecular formula is C36H37ClFN3O5S. The van der Waals surface area contributed by atoms with Gasteiger partial charge >= 0.3 is 0 Å². The van der Waals surface area contributed by atoms with Crippen molar-refractivity contribution < 1.29 is 27.1 Å². The lowest BCUT2D eigenvalue weighted by Crippen LogP contribution is -2.54. The molecule has 0 heterocycles. The molecule has 4 aromatic carbocycles. The molecule has 0 saturated heterocycles. The number of methoxy groups -OCH3 is 1. The average Bonchev–Trinajstić information content (AvgIpc) is 3.59. The first-order valence-corrected chi connectivity index (χ1v) is 17.3. The number of halogens is 2. The molecule has 0 bridgehead atoms. The molecule has 1 fully saturated rings. The number of carbonyl (C=O) groups excluding carboxylic acids is 2. The smallest absolute Gasteiger partial charge is 0.264 e. The quantitative estimate of drug-likeness (QED) is 0.177. The summed E-state index contributed by atoms with van der Waals surface area (Å²) < 4.78 is 49.6. The van der Waals surface area contributed by atoms with Gasteiger partial charge in [0.1, 0.15) is 24.2 Å². The first-order valence-electron chi connectivity index (χ1n) is 15.5. The number of anilines is 1. The first-order chi connectivity index (χ1) is 22.7. The van der Waals surface area contributed by atoms with Gasteiger partial charge in [0.05, 0.1) is 17.7 Å². The van der Waals surface area contributed by atoms with E-state index in [2.05, 4.69) is 5.32 Å². The lowest BCUT2D eigenvalue weighted by molar-refractivity contribution is -0.140. The van der Waals surface area contributed by atoms with Crippen LogP contribution in [0.2, 0.25) is 5.02 Å². The van der Waals surface area contributed by atoms with Gasteiger partial charge in [-0.05, 0) is 66.9 Å². The number of rotatable bonds is 13. The molecule has 8 nitrogen and oxygen atoms in total. The van der Waals surface area contributed by atoms with Crippen LogP contribution in [0.1, 0.15) is 36.8 Å². The Morgan fingerprint density at radius 3 is 2.28 bits per heavy atom. The highest BCUT2D eigenvalue weighted by Crippen LogP contribution is 2.28. The molecule has 1 N–H and O–H groups in total. The molecule has 1 saturated carbocycles. The molecule has 1 atom stereocenters. The van der Waals surface area contributed by atoms with Crippen molar-refractivity contribution in [1.29, 1.82) is 0 Å². The predicted octanol–water partition coefficient (Wildman–Crippen LogP) is 6.38. The summed E-state index contributed by atoms with van der Waals surface area (Å²) in [5.74, 6) is -1.15. The van der Waals surface area contributed by atoms with Gasteiger partial charge in [0, 0.05) is 29.6 Å². The molecule has 11 heteroatoms. The zero-order valence-electron chi connectivity index (χ0n) is 26.0. The Labute approximate surface area is 280 Å². The number of nitrogens with one attached hydrogen (secondary N) is 1. The number of benzene rings is 4. The number of hydrogen-bond donors (Lipinski definition) is 1. The summed E-state index contributed by atoms with van der Waals surface area (Å²) >= 11 is 6.28. The topological polar surface area (TPSA) is 96.0 Å². The van der Waals surface area contributed by atoms with Crippen molar-refractivity contribution in [3.8, 4) is 5.75 Å². The van der Waals surface area contributed by atoms with E-state index in [1.165, 1.54) is 54.5 Å². The van der Waals surface area contributed by atoms with Crippen molar-refractivity contribution in [1.82, 2.24) is 10.2 Å². The van der Waals surface area contributed by atoms with Gasteiger partial charge in [-0.1, -0.05) is 79.0 Å². The van der Waals surface area contributed by atoms with Crippen molar-refractivity contribution >= 4 is 39.1 Å². The Morgan fingerprint density at radius 1 is 0.936 bits per heavy atom. The fourth-order valence-electron chi connectivity index (χ4n) is 5.77. The van der Waals surface area contributed by atoms with Crippen LogP contribution in [-0.4, -0.2) is 50.9 Å². The SMILES string of the molecule is COc1ccc(S(=O)(=O)N(CC(=O)N(Cc2ccccc2F)[C@@H](Cc2ccccc2)C(=O)NC2CCCC2)c2cccc(Cl)c2)cc1. The molecule has 0 aliphatic heterocycles. The Hall–Kier alpha value is -4.41.